The maximum atomic E-state index is 14.6. The molecule has 2 aliphatic heterocycles. The van der Waals surface area contributed by atoms with Gasteiger partial charge in [0.25, 0.3) is 0 Å². The van der Waals surface area contributed by atoms with Crippen LogP contribution in [0.1, 0.15) is 123 Å². The Kier molecular flexibility index (Phi) is 13.0. The van der Waals surface area contributed by atoms with Gasteiger partial charge in [-0.05, 0) is 87.5 Å². The maximum absolute atomic E-state index is 14.6. The molecule has 0 bridgehead atoms. The number of hydrogen-bond donors (Lipinski definition) is 2. The highest BCUT2D eigenvalue weighted by atomic mass is 16.7. The Morgan fingerprint density at radius 1 is 1.02 bits per heavy atom. The third kappa shape index (κ3) is 9.68. The summed E-state index contributed by atoms with van der Waals surface area (Å²) in [5.74, 6) is -1.06. The zero-order valence-corrected chi connectivity index (χ0v) is 32.0. The quantitative estimate of drug-likeness (QED) is 0.207. The maximum Gasteiger partial charge on any atom is 0.408 e. The minimum absolute atomic E-state index is 0.0226. The summed E-state index contributed by atoms with van der Waals surface area (Å²) in [4.78, 5) is 75.6. The lowest BCUT2D eigenvalue weighted by molar-refractivity contribution is -0.144. The van der Waals surface area contributed by atoms with Gasteiger partial charge in [-0.25, -0.2) is 4.79 Å². The zero-order valence-electron chi connectivity index (χ0n) is 32.0. The van der Waals surface area contributed by atoms with Crippen LogP contribution in [0.2, 0.25) is 0 Å². The van der Waals surface area contributed by atoms with Crippen molar-refractivity contribution in [3.63, 3.8) is 0 Å². The van der Waals surface area contributed by atoms with Crippen molar-refractivity contribution < 1.29 is 38.3 Å². The van der Waals surface area contributed by atoms with Crippen molar-refractivity contribution >= 4 is 35.2 Å². The predicted molar refractivity (Wildman–Crippen MR) is 194 cm³/mol. The SMILES string of the molecule is CCC[C@H](NC(=O)[C@@H]1C[C@]2(CC(c3cc(C)c(OCC)c(C)c3)=NO2)CN1C(=O)[C@@H](NC(=O)OC(CC)CC)C(C)(C)C)C(=O)C(=O)CC1CC1. The molecule has 1 aromatic rings. The first kappa shape index (κ1) is 39.8. The number of alkyl carbamates (subject to hydrolysis) is 1. The molecule has 2 fully saturated rings. The molecule has 12 heteroatoms. The molecule has 4 rings (SSSR count). The summed E-state index contributed by atoms with van der Waals surface area (Å²) in [6, 6.07) is 0.886. The molecule has 0 aromatic heterocycles. The molecule has 2 N–H and O–H groups in total. The Morgan fingerprint density at radius 3 is 2.22 bits per heavy atom. The average molecular weight is 711 g/mol. The van der Waals surface area contributed by atoms with Gasteiger partial charge in [0.2, 0.25) is 23.4 Å². The number of rotatable bonds is 16. The second-order valence-corrected chi connectivity index (χ2v) is 15.6. The number of Topliss-reactive ketones (excluding diaryl/α,β-unsaturated/α-hetero) is 2. The normalized spacial score (nSPS) is 21.2. The number of nitrogens with one attached hydrogen (secondary N) is 2. The van der Waals surface area contributed by atoms with Gasteiger partial charge in [0.1, 0.15) is 23.9 Å². The Hall–Kier alpha value is -3.96. The van der Waals surface area contributed by atoms with E-state index in [1.54, 1.807) is 0 Å². The van der Waals surface area contributed by atoms with Gasteiger partial charge in [0, 0.05) is 24.8 Å². The first-order chi connectivity index (χ1) is 24.1. The van der Waals surface area contributed by atoms with Crippen LogP contribution in [0, 0.1) is 25.2 Å². The molecule has 12 nitrogen and oxygen atoms in total. The van der Waals surface area contributed by atoms with E-state index in [1.165, 1.54) is 4.90 Å². The van der Waals surface area contributed by atoms with Crippen molar-refractivity contribution in [2.75, 3.05) is 13.2 Å². The minimum Gasteiger partial charge on any atom is -0.493 e. The first-order valence-corrected chi connectivity index (χ1v) is 18.7. The highest BCUT2D eigenvalue weighted by Gasteiger charge is 2.56. The molecule has 0 unspecified atom stereocenters. The topological polar surface area (TPSA) is 153 Å². The number of aryl methyl sites for hydroxylation is 2. The summed E-state index contributed by atoms with van der Waals surface area (Å²) in [5.41, 5.74) is 1.67. The Bertz CT molecular complexity index is 1490. The van der Waals surface area contributed by atoms with Crippen LogP contribution in [-0.2, 0) is 28.8 Å². The second kappa shape index (κ2) is 16.6. The third-order valence-corrected chi connectivity index (χ3v) is 10.1. The molecule has 4 atom stereocenters. The van der Waals surface area contributed by atoms with E-state index in [-0.39, 0.29) is 31.4 Å². The lowest BCUT2D eigenvalue weighted by atomic mass is 9.85. The van der Waals surface area contributed by atoms with Crippen molar-refractivity contribution in [3.8, 4) is 5.75 Å². The van der Waals surface area contributed by atoms with Gasteiger partial charge in [-0.1, -0.05) is 53.1 Å². The lowest BCUT2D eigenvalue weighted by Crippen LogP contribution is -2.59. The van der Waals surface area contributed by atoms with Gasteiger partial charge in [0.15, 0.2) is 5.60 Å². The summed E-state index contributed by atoms with van der Waals surface area (Å²) in [5, 5.41) is 10.1. The largest absolute Gasteiger partial charge is 0.493 e. The van der Waals surface area contributed by atoms with Crippen LogP contribution in [0.15, 0.2) is 17.3 Å². The van der Waals surface area contributed by atoms with E-state index in [0.717, 1.165) is 35.3 Å². The van der Waals surface area contributed by atoms with Gasteiger partial charge in [-0.15, -0.1) is 0 Å². The fourth-order valence-corrected chi connectivity index (χ4v) is 7.05. The van der Waals surface area contributed by atoms with E-state index >= 15 is 0 Å². The van der Waals surface area contributed by atoms with E-state index in [9.17, 15) is 24.0 Å². The molecule has 1 aromatic carbocycles. The summed E-state index contributed by atoms with van der Waals surface area (Å²) < 4.78 is 11.4. The lowest BCUT2D eigenvalue weighted by Gasteiger charge is -2.35. The molecule has 3 aliphatic rings. The number of nitrogens with zero attached hydrogens (tertiary/aromatic N) is 2. The minimum atomic E-state index is -1.05. The van der Waals surface area contributed by atoms with Crippen molar-refractivity contribution in [1.29, 1.82) is 0 Å². The van der Waals surface area contributed by atoms with E-state index in [1.807, 2.05) is 74.4 Å². The van der Waals surface area contributed by atoms with Crippen molar-refractivity contribution in [2.24, 2.45) is 16.5 Å². The van der Waals surface area contributed by atoms with Crippen LogP contribution in [0.4, 0.5) is 4.79 Å². The summed E-state index contributed by atoms with van der Waals surface area (Å²) >= 11 is 0. The molecule has 2 heterocycles. The Morgan fingerprint density at radius 2 is 1.67 bits per heavy atom. The van der Waals surface area contributed by atoms with E-state index in [4.69, 9.17) is 14.3 Å². The molecule has 51 heavy (non-hydrogen) atoms. The Labute approximate surface area is 302 Å². The number of carbonyl (C=O) groups excluding carboxylic acids is 5. The van der Waals surface area contributed by atoms with Crippen molar-refractivity contribution in [1.82, 2.24) is 15.5 Å². The number of hydrogen-bond acceptors (Lipinski definition) is 9. The van der Waals surface area contributed by atoms with Crippen LogP contribution in [-0.4, -0.2) is 83.1 Å². The molecule has 1 spiro atoms. The van der Waals surface area contributed by atoms with Crippen LogP contribution < -0.4 is 15.4 Å². The molecule has 0 radical (unpaired) electrons. The number of likely N-dealkylation sites (tertiary alicyclic amines) is 1. The number of oxime groups is 1. The monoisotopic (exact) mass is 710 g/mol. The number of amides is 3. The number of benzene rings is 1. The van der Waals surface area contributed by atoms with Crippen LogP contribution in [0.3, 0.4) is 0 Å². The molecule has 1 saturated carbocycles. The molecule has 1 aliphatic carbocycles. The van der Waals surface area contributed by atoms with Gasteiger partial charge in [-0.2, -0.15) is 0 Å². The van der Waals surface area contributed by atoms with Gasteiger partial charge in [-0.3, -0.25) is 19.2 Å². The van der Waals surface area contributed by atoms with Crippen LogP contribution in [0.25, 0.3) is 0 Å². The molecule has 1 saturated heterocycles. The third-order valence-electron chi connectivity index (χ3n) is 10.1. The number of ether oxygens (including phenoxy) is 2. The number of ketones is 2. The number of carbonyl (C=O) groups is 5. The molecular weight excluding hydrogens is 652 g/mol. The average Bonchev–Trinajstić information content (AvgIpc) is 3.67. The predicted octanol–water partition coefficient (Wildman–Crippen LogP) is 5.72. The molecule has 282 valence electrons. The van der Waals surface area contributed by atoms with Gasteiger partial charge < -0.3 is 29.8 Å². The summed E-state index contributed by atoms with van der Waals surface area (Å²) in [6.07, 6.45) is 3.59. The fraction of sp³-hybridized carbons (Fsp3) is 0.692. The molecular formula is C39H58N4O8. The van der Waals surface area contributed by atoms with Gasteiger partial charge in [0.05, 0.1) is 24.9 Å². The van der Waals surface area contributed by atoms with Crippen LogP contribution in [0.5, 0.6) is 5.75 Å². The highest BCUT2D eigenvalue weighted by molar-refractivity contribution is 6.39. The zero-order chi connectivity index (χ0) is 37.7. The van der Waals surface area contributed by atoms with E-state index in [0.29, 0.717) is 44.4 Å². The van der Waals surface area contributed by atoms with Crippen molar-refractivity contribution in [3.05, 3.63) is 28.8 Å². The fourth-order valence-electron chi connectivity index (χ4n) is 7.05. The van der Waals surface area contributed by atoms with Gasteiger partial charge >= 0.3 is 6.09 Å². The first-order valence-electron chi connectivity index (χ1n) is 18.7. The highest BCUT2D eigenvalue weighted by Crippen LogP contribution is 2.41. The molecule has 3 amide bonds. The summed E-state index contributed by atoms with van der Waals surface area (Å²) in [7, 11) is 0. The Balaban J connectivity index is 1.63. The van der Waals surface area contributed by atoms with E-state index in [2.05, 4.69) is 15.8 Å². The van der Waals surface area contributed by atoms with Crippen molar-refractivity contribution in [2.45, 2.75) is 150 Å². The second-order valence-electron chi connectivity index (χ2n) is 15.6. The standard InChI is InChI=1S/C39H58N4O8/c1-10-14-28(32(45)31(44)19-25-15-16-25)40-35(46)30-21-39(20-29(42-51-39)26-17-23(5)33(49-13-4)24(6)18-26)22-43(30)36(47)34(38(7,8)9)41-37(48)50-27(11-2)12-3/h17-18,25,27-28,30,34H,10-16,19-22H2,1-9H3,(H,40,46)(H,41,48)/t28-,30-,34+,39+/m0/s1. The summed E-state index contributed by atoms with van der Waals surface area (Å²) in [6.45, 7) is 17.7. The van der Waals surface area contributed by atoms with Crippen LogP contribution >= 0.6 is 0 Å². The van der Waals surface area contributed by atoms with E-state index < -0.39 is 58.6 Å². The smallest absolute Gasteiger partial charge is 0.408 e.